The van der Waals surface area contributed by atoms with E-state index < -0.39 is 5.60 Å². The lowest BCUT2D eigenvalue weighted by molar-refractivity contribution is 0.0221. The minimum absolute atomic E-state index is 0.0256. The Kier molecular flexibility index (Phi) is 4.97. The van der Waals surface area contributed by atoms with Crippen LogP contribution in [0.15, 0.2) is 0 Å². The zero-order valence-electron chi connectivity index (χ0n) is 9.04. The average Bonchev–Trinajstić information content (AvgIpc) is 2.03. The third-order valence-electron chi connectivity index (χ3n) is 2.18. The Morgan fingerprint density at radius 3 is 2.54 bits per heavy atom. The topological polar surface area (TPSA) is 47.3 Å². The molecule has 3 nitrogen and oxygen atoms in total. The van der Waals surface area contributed by atoms with Gasteiger partial charge in [-0.05, 0) is 27.3 Å². The van der Waals surface area contributed by atoms with Gasteiger partial charge in [-0.2, -0.15) is 5.26 Å². The quantitative estimate of drug-likeness (QED) is 0.699. The van der Waals surface area contributed by atoms with Crippen LogP contribution in [-0.2, 0) is 0 Å². The molecule has 76 valence electrons. The first-order valence-electron chi connectivity index (χ1n) is 4.72. The van der Waals surface area contributed by atoms with E-state index >= 15 is 0 Å². The van der Waals surface area contributed by atoms with Crippen molar-refractivity contribution in [1.82, 2.24) is 4.90 Å². The van der Waals surface area contributed by atoms with Gasteiger partial charge in [-0.25, -0.2) is 0 Å². The van der Waals surface area contributed by atoms with Crippen LogP contribution in [0.2, 0.25) is 0 Å². The molecule has 0 bridgehead atoms. The molecule has 0 aliphatic carbocycles. The predicted octanol–water partition coefficient (Wildman–Crippen LogP) is 1.24. The second kappa shape index (κ2) is 5.21. The third kappa shape index (κ3) is 5.62. The molecule has 0 aromatic rings. The van der Waals surface area contributed by atoms with Gasteiger partial charge in [-0.15, -0.1) is 0 Å². The highest BCUT2D eigenvalue weighted by Gasteiger charge is 2.20. The molecule has 0 rings (SSSR count). The summed E-state index contributed by atoms with van der Waals surface area (Å²) in [5, 5.41) is 18.4. The lowest BCUT2D eigenvalue weighted by Crippen LogP contribution is -2.39. The fourth-order valence-corrected chi connectivity index (χ4v) is 1.27. The monoisotopic (exact) mass is 184 g/mol. The summed E-state index contributed by atoms with van der Waals surface area (Å²) in [7, 11) is 1.93. The van der Waals surface area contributed by atoms with Gasteiger partial charge in [0.2, 0.25) is 0 Å². The van der Waals surface area contributed by atoms with Crippen molar-refractivity contribution in [1.29, 1.82) is 5.26 Å². The van der Waals surface area contributed by atoms with Crippen molar-refractivity contribution in [3.63, 3.8) is 0 Å². The van der Waals surface area contributed by atoms with E-state index in [1.807, 2.05) is 32.7 Å². The number of nitriles is 1. The van der Waals surface area contributed by atoms with E-state index in [9.17, 15) is 5.11 Å². The van der Waals surface area contributed by atoms with Crippen molar-refractivity contribution in [3.05, 3.63) is 0 Å². The number of likely N-dealkylation sites (N-methyl/N-ethyl adjacent to an activating group) is 1. The van der Waals surface area contributed by atoms with E-state index in [1.165, 1.54) is 0 Å². The summed E-state index contributed by atoms with van der Waals surface area (Å²) in [4.78, 5) is 2.00. The van der Waals surface area contributed by atoms with Gasteiger partial charge >= 0.3 is 0 Å². The van der Waals surface area contributed by atoms with Crippen molar-refractivity contribution in [3.8, 4) is 6.07 Å². The fourth-order valence-electron chi connectivity index (χ4n) is 1.27. The summed E-state index contributed by atoms with van der Waals surface area (Å²) in [5.74, 6) is 0.0256. The van der Waals surface area contributed by atoms with E-state index in [2.05, 4.69) is 6.07 Å². The van der Waals surface area contributed by atoms with Gasteiger partial charge in [0.15, 0.2) is 0 Å². The van der Waals surface area contributed by atoms with E-state index in [0.717, 1.165) is 6.42 Å². The maximum Gasteiger partial charge on any atom is 0.0743 e. The normalized spacial score (nSPS) is 17.9. The second-order valence-corrected chi connectivity index (χ2v) is 4.08. The highest BCUT2D eigenvalue weighted by atomic mass is 16.3. The van der Waals surface area contributed by atoms with Crippen molar-refractivity contribution >= 4 is 0 Å². The molecule has 0 spiro atoms. The van der Waals surface area contributed by atoms with Gasteiger partial charge in [-0.1, -0.05) is 6.92 Å². The highest BCUT2D eigenvalue weighted by Crippen LogP contribution is 2.10. The van der Waals surface area contributed by atoms with E-state index in [0.29, 0.717) is 13.1 Å². The molecule has 0 amide bonds. The van der Waals surface area contributed by atoms with Gasteiger partial charge in [0, 0.05) is 13.1 Å². The summed E-state index contributed by atoms with van der Waals surface area (Å²) < 4.78 is 0. The molecule has 0 aliphatic rings. The number of aliphatic hydroxyl groups is 1. The molecule has 0 fully saturated rings. The Hall–Kier alpha value is -0.590. The average molecular weight is 184 g/mol. The zero-order valence-corrected chi connectivity index (χ0v) is 9.04. The van der Waals surface area contributed by atoms with Crippen LogP contribution in [-0.4, -0.2) is 35.7 Å². The highest BCUT2D eigenvalue weighted by molar-refractivity contribution is 4.82. The summed E-state index contributed by atoms with van der Waals surface area (Å²) in [6.07, 6.45) is 0.734. The molecule has 2 atom stereocenters. The summed E-state index contributed by atoms with van der Waals surface area (Å²) in [6, 6.07) is 2.18. The molecule has 1 N–H and O–H groups in total. The molecule has 3 heteroatoms. The molecular weight excluding hydrogens is 164 g/mol. The fraction of sp³-hybridized carbons (Fsp3) is 0.900. The summed E-state index contributed by atoms with van der Waals surface area (Å²) >= 11 is 0. The SMILES string of the molecule is CCC(C)(O)CN(C)CC(C)C#N. The molecule has 0 saturated carbocycles. The first kappa shape index (κ1) is 12.4. The Balaban J connectivity index is 3.88. The van der Waals surface area contributed by atoms with Gasteiger partial charge in [0.05, 0.1) is 17.6 Å². The van der Waals surface area contributed by atoms with Gasteiger partial charge in [-0.3, -0.25) is 0 Å². The van der Waals surface area contributed by atoms with Gasteiger partial charge in [0.25, 0.3) is 0 Å². The Morgan fingerprint density at radius 2 is 2.15 bits per heavy atom. The van der Waals surface area contributed by atoms with Crippen molar-refractivity contribution in [2.24, 2.45) is 5.92 Å². The number of hydrogen-bond donors (Lipinski definition) is 1. The van der Waals surface area contributed by atoms with E-state index in [-0.39, 0.29) is 5.92 Å². The molecule has 0 radical (unpaired) electrons. The standard InChI is InChI=1S/C10H20N2O/c1-5-10(3,13)8-12(4)7-9(2)6-11/h9,13H,5,7-8H2,1-4H3. The van der Waals surface area contributed by atoms with Crippen LogP contribution in [0.4, 0.5) is 0 Å². The minimum Gasteiger partial charge on any atom is -0.389 e. The maximum atomic E-state index is 9.75. The molecule has 0 saturated heterocycles. The van der Waals surface area contributed by atoms with Gasteiger partial charge in [0.1, 0.15) is 0 Å². The summed E-state index contributed by atoms with van der Waals surface area (Å²) in [5.41, 5.74) is -0.635. The number of rotatable bonds is 5. The molecule has 0 aromatic carbocycles. The maximum absolute atomic E-state index is 9.75. The minimum atomic E-state index is -0.635. The van der Waals surface area contributed by atoms with Gasteiger partial charge < -0.3 is 10.0 Å². The number of hydrogen-bond acceptors (Lipinski definition) is 3. The Bertz CT molecular complexity index is 184. The molecule has 0 heterocycles. The van der Waals surface area contributed by atoms with Crippen molar-refractivity contribution in [2.75, 3.05) is 20.1 Å². The van der Waals surface area contributed by atoms with Crippen molar-refractivity contribution < 1.29 is 5.11 Å². The van der Waals surface area contributed by atoms with Crippen molar-refractivity contribution in [2.45, 2.75) is 32.8 Å². The van der Waals surface area contributed by atoms with E-state index in [1.54, 1.807) is 0 Å². The zero-order chi connectivity index (χ0) is 10.5. The molecular formula is C10H20N2O. The largest absolute Gasteiger partial charge is 0.389 e. The lowest BCUT2D eigenvalue weighted by Gasteiger charge is -2.28. The number of nitrogens with zero attached hydrogens (tertiary/aromatic N) is 2. The lowest BCUT2D eigenvalue weighted by atomic mass is 10.0. The third-order valence-corrected chi connectivity index (χ3v) is 2.18. The smallest absolute Gasteiger partial charge is 0.0743 e. The van der Waals surface area contributed by atoms with Crippen LogP contribution >= 0.6 is 0 Å². The van der Waals surface area contributed by atoms with E-state index in [4.69, 9.17) is 5.26 Å². The first-order valence-corrected chi connectivity index (χ1v) is 4.72. The molecule has 0 aliphatic heterocycles. The molecule has 2 unspecified atom stereocenters. The summed E-state index contributed by atoms with van der Waals surface area (Å²) in [6.45, 7) is 7.00. The van der Waals surface area contributed by atoms with Crippen LogP contribution < -0.4 is 0 Å². The van der Waals surface area contributed by atoms with Crippen LogP contribution in [0.25, 0.3) is 0 Å². The molecule has 13 heavy (non-hydrogen) atoms. The molecule has 0 aromatic heterocycles. The van der Waals surface area contributed by atoms with Crippen LogP contribution in [0.5, 0.6) is 0 Å². The first-order chi connectivity index (χ1) is 5.91. The van der Waals surface area contributed by atoms with Crippen LogP contribution in [0.1, 0.15) is 27.2 Å². The second-order valence-electron chi connectivity index (χ2n) is 4.08. The Morgan fingerprint density at radius 1 is 1.62 bits per heavy atom. The Labute approximate surface area is 81.0 Å². The van der Waals surface area contributed by atoms with Crippen LogP contribution in [0.3, 0.4) is 0 Å². The van der Waals surface area contributed by atoms with Crippen LogP contribution in [0, 0.1) is 17.2 Å². The predicted molar refractivity (Wildman–Crippen MR) is 53.2 cm³/mol.